The lowest BCUT2D eigenvalue weighted by Gasteiger charge is -2.14. The molecule has 0 aliphatic carbocycles. The third-order valence-electron chi connectivity index (χ3n) is 2.71. The Morgan fingerprint density at radius 2 is 1.86 bits per heavy atom. The van der Waals surface area contributed by atoms with Gasteiger partial charge in [0.25, 0.3) is 0 Å². The second-order valence-electron chi connectivity index (χ2n) is 4.39. The van der Waals surface area contributed by atoms with Crippen molar-refractivity contribution < 1.29 is 9.47 Å². The van der Waals surface area contributed by atoms with Crippen LogP contribution in [0, 0.1) is 0 Å². The highest BCUT2D eigenvalue weighted by Gasteiger charge is 2.12. The summed E-state index contributed by atoms with van der Waals surface area (Å²) in [5, 5.41) is 0. The average molecular weight is 289 g/mol. The highest BCUT2D eigenvalue weighted by molar-refractivity contribution is 5.26. The van der Waals surface area contributed by atoms with Crippen molar-refractivity contribution in [3.63, 3.8) is 0 Å². The van der Waals surface area contributed by atoms with E-state index in [1.54, 1.807) is 0 Å². The third kappa shape index (κ3) is 4.28. The van der Waals surface area contributed by atoms with Crippen LogP contribution in [0.1, 0.15) is 31.9 Å². The summed E-state index contributed by atoms with van der Waals surface area (Å²) in [5.41, 5.74) is 3.40. The van der Waals surface area contributed by atoms with Crippen LogP contribution in [0.15, 0.2) is 30.3 Å². The summed E-state index contributed by atoms with van der Waals surface area (Å²) in [6.07, 6.45) is 0.659. The minimum Gasteiger partial charge on any atom is -0.463 e. The lowest BCUT2D eigenvalue weighted by Crippen LogP contribution is -2.14. The summed E-state index contributed by atoms with van der Waals surface area (Å²) >= 11 is 0. The zero-order chi connectivity index (χ0) is 15.1. The van der Waals surface area contributed by atoms with Crippen molar-refractivity contribution in [1.82, 2.24) is 15.0 Å². The molecule has 0 fully saturated rings. The molecular formula is C14H19N5O2. The predicted molar refractivity (Wildman–Crippen MR) is 78.9 cm³/mol. The van der Waals surface area contributed by atoms with Gasteiger partial charge < -0.3 is 9.47 Å². The summed E-state index contributed by atoms with van der Waals surface area (Å²) in [6.45, 7) is 4.43. The van der Waals surface area contributed by atoms with Crippen LogP contribution < -0.4 is 20.7 Å². The Morgan fingerprint density at radius 3 is 2.52 bits per heavy atom. The smallest absolute Gasteiger partial charge is 0.325 e. The number of aromatic nitrogens is 3. The van der Waals surface area contributed by atoms with Gasteiger partial charge in [0.15, 0.2) is 0 Å². The minimum absolute atomic E-state index is 0.167. The van der Waals surface area contributed by atoms with E-state index in [1.165, 1.54) is 0 Å². The molecule has 1 unspecified atom stereocenters. The SMILES string of the molecule is CCCOc1nc(NN)nc(OC(C)c2ccccc2)n1. The Kier molecular flexibility index (Phi) is 5.28. The molecular weight excluding hydrogens is 270 g/mol. The van der Waals surface area contributed by atoms with E-state index in [0.717, 1.165) is 12.0 Å². The highest BCUT2D eigenvalue weighted by Crippen LogP contribution is 2.20. The number of nitrogens with one attached hydrogen (secondary N) is 1. The van der Waals surface area contributed by atoms with Crippen molar-refractivity contribution in [3.8, 4) is 12.0 Å². The van der Waals surface area contributed by atoms with Gasteiger partial charge in [-0.05, 0) is 18.9 Å². The Morgan fingerprint density at radius 1 is 1.14 bits per heavy atom. The average Bonchev–Trinajstić information content (AvgIpc) is 2.53. The first-order valence-electron chi connectivity index (χ1n) is 6.80. The number of anilines is 1. The lowest BCUT2D eigenvalue weighted by molar-refractivity contribution is 0.200. The fourth-order valence-corrected chi connectivity index (χ4v) is 1.66. The van der Waals surface area contributed by atoms with Crippen molar-refractivity contribution in [3.05, 3.63) is 35.9 Å². The molecule has 1 aromatic carbocycles. The number of nitrogens with zero attached hydrogens (tertiary/aromatic N) is 3. The predicted octanol–water partition coefficient (Wildman–Crippen LogP) is 2.09. The van der Waals surface area contributed by atoms with Crippen LogP contribution in [-0.2, 0) is 0 Å². The zero-order valence-electron chi connectivity index (χ0n) is 12.1. The van der Waals surface area contributed by atoms with Gasteiger partial charge in [0.1, 0.15) is 6.10 Å². The molecule has 0 aliphatic heterocycles. The van der Waals surface area contributed by atoms with Crippen LogP contribution in [0.3, 0.4) is 0 Å². The minimum atomic E-state index is -0.196. The van der Waals surface area contributed by atoms with Gasteiger partial charge in [-0.2, -0.15) is 9.97 Å². The molecule has 112 valence electrons. The molecule has 0 aliphatic rings. The Labute approximate surface area is 123 Å². The lowest BCUT2D eigenvalue weighted by atomic mass is 10.1. The monoisotopic (exact) mass is 289 g/mol. The molecule has 1 heterocycles. The maximum Gasteiger partial charge on any atom is 0.325 e. The fraction of sp³-hybridized carbons (Fsp3) is 0.357. The number of hydrogen-bond donors (Lipinski definition) is 2. The first-order valence-corrected chi connectivity index (χ1v) is 6.80. The van der Waals surface area contributed by atoms with E-state index in [1.807, 2.05) is 44.2 Å². The summed E-state index contributed by atoms with van der Waals surface area (Å²) in [5.74, 6) is 5.54. The molecule has 0 amide bonds. The standard InChI is InChI=1S/C14H19N5O2/c1-3-9-20-13-16-12(19-15)17-14(18-13)21-10(2)11-7-5-4-6-8-11/h4-8,10H,3,9,15H2,1-2H3,(H,16,17,18,19). The van der Waals surface area contributed by atoms with E-state index in [2.05, 4.69) is 20.4 Å². The normalized spacial score (nSPS) is 11.8. The second-order valence-corrected chi connectivity index (χ2v) is 4.39. The van der Waals surface area contributed by atoms with Crippen molar-refractivity contribution >= 4 is 5.95 Å². The molecule has 0 saturated heterocycles. The Hall–Kier alpha value is -2.41. The van der Waals surface area contributed by atoms with Gasteiger partial charge in [0, 0.05) is 0 Å². The van der Waals surface area contributed by atoms with E-state index < -0.39 is 0 Å². The van der Waals surface area contributed by atoms with Crippen LogP contribution in [-0.4, -0.2) is 21.6 Å². The molecule has 2 rings (SSSR count). The van der Waals surface area contributed by atoms with Crippen molar-refractivity contribution in [2.45, 2.75) is 26.4 Å². The first kappa shape index (κ1) is 15.0. The summed E-state index contributed by atoms with van der Waals surface area (Å²) < 4.78 is 11.1. The van der Waals surface area contributed by atoms with Crippen LogP contribution in [0.2, 0.25) is 0 Å². The van der Waals surface area contributed by atoms with Crippen molar-refractivity contribution in [1.29, 1.82) is 0 Å². The van der Waals surface area contributed by atoms with Crippen LogP contribution in [0.4, 0.5) is 5.95 Å². The number of nitrogens with two attached hydrogens (primary N) is 1. The van der Waals surface area contributed by atoms with Crippen LogP contribution in [0.25, 0.3) is 0 Å². The second kappa shape index (κ2) is 7.39. The van der Waals surface area contributed by atoms with Gasteiger partial charge in [0.05, 0.1) is 6.61 Å². The van der Waals surface area contributed by atoms with Gasteiger partial charge in [0.2, 0.25) is 5.95 Å². The first-order chi connectivity index (χ1) is 10.2. The summed E-state index contributed by atoms with van der Waals surface area (Å²) in [4.78, 5) is 12.2. The topological polar surface area (TPSA) is 95.2 Å². The largest absolute Gasteiger partial charge is 0.463 e. The molecule has 21 heavy (non-hydrogen) atoms. The molecule has 3 N–H and O–H groups in total. The van der Waals surface area contributed by atoms with Gasteiger partial charge >= 0.3 is 12.0 Å². The molecule has 0 radical (unpaired) electrons. The van der Waals surface area contributed by atoms with Crippen LogP contribution in [0.5, 0.6) is 12.0 Å². The molecule has 0 bridgehead atoms. The van der Waals surface area contributed by atoms with Gasteiger partial charge in [-0.1, -0.05) is 37.3 Å². The molecule has 7 heteroatoms. The van der Waals surface area contributed by atoms with Gasteiger partial charge in [-0.15, -0.1) is 4.98 Å². The molecule has 0 saturated carbocycles. The third-order valence-corrected chi connectivity index (χ3v) is 2.71. The number of ether oxygens (including phenoxy) is 2. The maximum atomic E-state index is 5.73. The van der Waals surface area contributed by atoms with Crippen molar-refractivity contribution in [2.24, 2.45) is 5.84 Å². The van der Waals surface area contributed by atoms with Crippen LogP contribution >= 0.6 is 0 Å². The fourth-order valence-electron chi connectivity index (χ4n) is 1.66. The number of benzene rings is 1. The van der Waals surface area contributed by atoms with E-state index in [-0.39, 0.29) is 24.1 Å². The number of nitrogen functional groups attached to an aromatic ring is 1. The van der Waals surface area contributed by atoms with E-state index >= 15 is 0 Å². The summed E-state index contributed by atoms with van der Waals surface area (Å²) in [7, 11) is 0. The molecule has 2 aromatic rings. The number of hydrogen-bond acceptors (Lipinski definition) is 7. The van der Waals surface area contributed by atoms with Crippen molar-refractivity contribution in [2.75, 3.05) is 12.0 Å². The van der Waals surface area contributed by atoms with E-state index in [0.29, 0.717) is 6.61 Å². The zero-order valence-corrected chi connectivity index (χ0v) is 12.1. The highest BCUT2D eigenvalue weighted by atomic mass is 16.5. The Balaban J connectivity index is 2.14. The molecule has 7 nitrogen and oxygen atoms in total. The van der Waals surface area contributed by atoms with Gasteiger partial charge in [-0.3, -0.25) is 5.43 Å². The number of hydrazine groups is 1. The van der Waals surface area contributed by atoms with E-state index in [9.17, 15) is 0 Å². The quantitative estimate of drug-likeness (QED) is 0.595. The summed E-state index contributed by atoms with van der Waals surface area (Å²) in [6, 6.07) is 10.2. The molecule has 0 spiro atoms. The number of rotatable bonds is 7. The van der Waals surface area contributed by atoms with Gasteiger partial charge in [-0.25, -0.2) is 5.84 Å². The van der Waals surface area contributed by atoms with E-state index in [4.69, 9.17) is 15.3 Å². The Bertz CT molecular complexity index is 565. The molecule has 1 atom stereocenters. The maximum absolute atomic E-state index is 5.73. The molecule has 1 aromatic heterocycles.